The topological polar surface area (TPSA) is 315 Å². The summed E-state index contributed by atoms with van der Waals surface area (Å²) in [5, 5.41) is 0. The van der Waals surface area contributed by atoms with Crippen LogP contribution in [0.3, 0.4) is 0 Å². The molecule has 0 fully saturated rings. The Hall–Kier alpha value is 1.24. The van der Waals surface area contributed by atoms with Crippen LogP contribution in [0.15, 0.2) is 0 Å². The normalized spacial score (nSPS) is 0. The molecule has 0 spiro atoms. The van der Waals surface area contributed by atoms with Gasteiger partial charge in [0.25, 0.3) is 0 Å². The van der Waals surface area contributed by atoms with Crippen molar-refractivity contribution in [1.82, 2.24) is 0 Å². The summed E-state index contributed by atoms with van der Waals surface area (Å²) in [6, 6.07) is 0. The predicted octanol–water partition coefficient (Wildman–Crippen LogP) is -11.1. The summed E-state index contributed by atoms with van der Waals surface area (Å²) in [7, 11) is 0. The van der Waals surface area contributed by atoms with E-state index >= 15 is 0 Å². The molecule has 0 saturated carbocycles. The van der Waals surface area contributed by atoms with E-state index in [9.17, 15) is 0 Å². The Morgan fingerprint density at radius 1 is 0.273 bits per heavy atom. The van der Waals surface area contributed by atoms with Gasteiger partial charge in [-0.25, -0.2) is 0 Å². The van der Waals surface area contributed by atoms with Crippen molar-refractivity contribution in [3.8, 4) is 0 Å². The minimum atomic E-state index is 0. The van der Waals surface area contributed by atoms with Gasteiger partial charge in [0.05, 0.1) is 0 Å². The van der Waals surface area contributed by atoms with Crippen LogP contribution in [0.1, 0.15) is 1.43 Å². The number of hydrogen-bond acceptors (Lipinski definition) is 0. The third kappa shape index (κ3) is 627. The van der Waals surface area contributed by atoms with Crippen molar-refractivity contribution in [3.63, 3.8) is 0 Å². The van der Waals surface area contributed by atoms with E-state index in [1.165, 1.54) is 0 Å². The molecular formula is H21KO10. The summed E-state index contributed by atoms with van der Waals surface area (Å²) in [4.78, 5) is 0. The molecule has 0 aromatic heterocycles. The van der Waals surface area contributed by atoms with Crippen LogP contribution in [0, 0.1) is 0 Å². The maximum atomic E-state index is 0. The molecule has 0 atom stereocenters. The first-order valence-electron chi connectivity index (χ1n) is 0. The molecule has 0 aromatic rings. The van der Waals surface area contributed by atoms with E-state index in [1.807, 2.05) is 0 Å². The smallest absolute Gasteiger partial charge is 1.00 e. The summed E-state index contributed by atoms with van der Waals surface area (Å²) in [6.45, 7) is 0. The van der Waals surface area contributed by atoms with Gasteiger partial charge >= 0.3 is 51.4 Å². The first-order valence-corrected chi connectivity index (χ1v) is 0. The molecule has 0 saturated heterocycles. The van der Waals surface area contributed by atoms with Crippen molar-refractivity contribution in [1.29, 1.82) is 0 Å². The molecule has 11 heavy (non-hydrogen) atoms. The quantitative estimate of drug-likeness (QED) is 0.343. The van der Waals surface area contributed by atoms with E-state index in [0.29, 0.717) is 0 Å². The second-order valence-corrected chi connectivity index (χ2v) is 0. The van der Waals surface area contributed by atoms with Crippen LogP contribution in [-0.2, 0) is 0 Å². The van der Waals surface area contributed by atoms with Gasteiger partial charge in [-0.2, -0.15) is 0 Å². The third-order valence-corrected chi connectivity index (χ3v) is 0. The molecule has 0 amide bonds. The van der Waals surface area contributed by atoms with Crippen LogP contribution >= 0.6 is 0 Å². The second-order valence-electron chi connectivity index (χ2n) is 0. The molecular weight excluding hydrogens is 199 g/mol. The predicted molar refractivity (Wildman–Crippen MR) is 37.3 cm³/mol. The van der Waals surface area contributed by atoms with E-state index in [1.54, 1.807) is 0 Å². The Kier molecular flexibility index (Phi) is 70800. The molecule has 11 heteroatoms. The summed E-state index contributed by atoms with van der Waals surface area (Å²) >= 11 is 0. The molecule has 0 bridgehead atoms. The van der Waals surface area contributed by atoms with Gasteiger partial charge in [-0.1, -0.05) is 0 Å². The summed E-state index contributed by atoms with van der Waals surface area (Å²) < 4.78 is 0. The van der Waals surface area contributed by atoms with Crippen LogP contribution in [0.2, 0.25) is 0 Å². The zero-order valence-electron chi connectivity index (χ0n) is 7.00. The number of rotatable bonds is 0. The molecule has 0 aliphatic rings. The van der Waals surface area contributed by atoms with Gasteiger partial charge in [0.15, 0.2) is 0 Å². The Morgan fingerprint density at radius 2 is 0.273 bits per heavy atom. The van der Waals surface area contributed by atoms with Crippen LogP contribution in [0.4, 0.5) is 0 Å². The molecule has 0 aliphatic carbocycles. The first kappa shape index (κ1) is 1010. The molecule has 0 rings (SSSR count). The molecule has 0 unspecified atom stereocenters. The maximum absolute atomic E-state index is 0. The fourth-order valence-corrected chi connectivity index (χ4v) is 0. The molecule has 0 aliphatic heterocycles. The van der Waals surface area contributed by atoms with Crippen molar-refractivity contribution in [3.05, 3.63) is 0 Å². The zero-order chi connectivity index (χ0) is 0. The van der Waals surface area contributed by atoms with Gasteiger partial charge in [-0.3, -0.25) is 0 Å². The minimum absolute atomic E-state index is 0. The van der Waals surface area contributed by atoms with Crippen molar-refractivity contribution in [2.45, 2.75) is 0 Å². The van der Waals surface area contributed by atoms with Crippen molar-refractivity contribution < 1.29 is 108 Å². The van der Waals surface area contributed by atoms with Crippen LogP contribution in [0.5, 0.6) is 0 Å². The Morgan fingerprint density at radius 3 is 0.273 bits per heavy atom. The fourth-order valence-electron chi connectivity index (χ4n) is 0. The van der Waals surface area contributed by atoms with Gasteiger partial charge in [0, 0.05) is 0 Å². The first-order chi connectivity index (χ1) is 0. The summed E-state index contributed by atoms with van der Waals surface area (Å²) in [6.07, 6.45) is 0. The van der Waals surface area contributed by atoms with Crippen molar-refractivity contribution >= 4 is 0 Å². The van der Waals surface area contributed by atoms with E-state index in [2.05, 4.69) is 0 Å². The Balaban J connectivity index is 0. The molecule has 0 aromatic carbocycles. The summed E-state index contributed by atoms with van der Waals surface area (Å²) in [5.74, 6) is 0. The van der Waals surface area contributed by atoms with Gasteiger partial charge in [-0.05, 0) is 0 Å². The third-order valence-electron chi connectivity index (χ3n) is 0. The molecule has 0 radical (unpaired) electrons. The largest absolute Gasteiger partial charge is 1.00 e. The zero-order valence-corrected chi connectivity index (χ0v) is 9.12. The average molecular weight is 220 g/mol. The molecule has 0 heterocycles. The Bertz CT molecular complexity index is 9.80. The van der Waals surface area contributed by atoms with Gasteiger partial charge < -0.3 is 56.2 Å². The van der Waals surface area contributed by atoms with Crippen molar-refractivity contribution in [2.75, 3.05) is 0 Å². The van der Waals surface area contributed by atoms with E-state index in [4.69, 9.17) is 0 Å². The van der Waals surface area contributed by atoms with E-state index < -0.39 is 0 Å². The molecule has 82 valence electrons. The SMILES string of the molecule is O.O.O.O.O.O.O.O.O.O.[H-].[K+]. The van der Waals surface area contributed by atoms with Crippen LogP contribution in [0.25, 0.3) is 0 Å². The maximum Gasteiger partial charge on any atom is 1.00 e. The van der Waals surface area contributed by atoms with Gasteiger partial charge in [0.2, 0.25) is 0 Å². The van der Waals surface area contributed by atoms with Crippen LogP contribution < -0.4 is 51.4 Å². The molecule has 10 nitrogen and oxygen atoms in total. The van der Waals surface area contributed by atoms with Gasteiger partial charge in [0.1, 0.15) is 0 Å². The monoisotopic (exact) mass is 220 g/mol. The van der Waals surface area contributed by atoms with E-state index in [0.717, 1.165) is 0 Å². The standard InChI is InChI=1S/K.10H2O.H/h;10*1H2;/q+1;;;;;;;;;;;-1. The number of hydrogen-bond donors (Lipinski definition) is 0. The second kappa shape index (κ2) is 770. The summed E-state index contributed by atoms with van der Waals surface area (Å²) in [5.41, 5.74) is 0. The van der Waals surface area contributed by atoms with Crippen molar-refractivity contribution in [2.24, 2.45) is 0 Å². The average Bonchev–Trinajstić information content (AvgIpc) is 0. The fraction of sp³-hybridized carbons (Fsp3) is 0. The minimum Gasteiger partial charge on any atom is -1.00 e. The van der Waals surface area contributed by atoms with E-state index in [-0.39, 0.29) is 108 Å². The van der Waals surface area contributed by atoms with Crippen LogP contribution in [-0.4, -0.2) is 54.8 Å². The van der Waals surface area contributed by atoms with Gasteiger partial charge in [-0.15, -0.1) is 0 Å². The molecule has 20 N–H and O–H groups in total. The Labute approximate surface area is 107 Å².